The van der Waals surface area contributed by atoms with E-state index in [4.69, 9.17) is 5.73 Å². The summed E-state index contributed by atoms with van der Waals surface area (Å²) < 4.78 is 0. The minimum Gasteiger partial charge on any atom is -0.366 e. The lowest BCUT2D eigenvalue weighted by molar-refractivity contribution is 0.0735. The van der Waals surface area contributed by atoms with E-state index in [-0.39, 0.29) is 11.9 Å². The van der Waals surface area contributed by atoms with E-state index in [1.54, 1.807) is 6.07 Å². The summed E-state index contributed by atoms with van der Waals surface area (Å²) in [6.07, 6.45) is 2.29. The molecule has 3 rings (SSSR count). The first kappa shape index (κ1) is 15.2. The average Bonchev–Trinajstić information content (AvgIpc) is 2.96. The molecule has 2 heterocycles. The second kappa shape index (κ2) is 6.20. The molecule has 118 valence electrons. The standard InChI is InChI=1S/C18H19N3O2/c1-12-15(13-5-3-2-4-6-13)9-10-21(12)18(23)16-8-7-14(11-20-16)17(19)22/h2-8,11-12,15H,9-10H2,1H3,(H2,19,22). The molecule has 1 aromatic heterocycles. The molecule has 5 nitrogen and oxygen atoms in total. The number of likely N-dealkylation sites (tertiary alicyclic amines) is 1. The Bertz CT molecular complexity index is 713. The second-order valence-corrected chi connectivity index (χ2v) is 5.84. The monoisotopic (exact) mass is 309 g/mol. The molecule has 2 aromatic rings. The Morgan fingerprint density at radius 2 is 1.91 bits per heavy atom. The predicted molar refractivity (Wildman–Crippen MR) is 87.1 cm³/mol. The Hall–Kier alpha value is -2.69. The third-order valence-electron chi connectivity index (χ3n) is 4.51. The molecule has 1 aliphatic heterocycles. The van der Waals surface area contributed by atoms with E-state index in [2.05, 4.69) is 24.0 Å². The molecule has 1 aromatic carbocycles. The van der Waals surface area contributed by atoms with Gasteiger partial charge in [0.25, 0.3) is 5.91 Å². The van der Waals surface area contributed by atoms with Crippen molar-refractivity contribution in [1.82, 2.24) is 9.88 Å². The average molecular weight is 309 g/mol. The number of primary amides is 1. The van der Waals surface area contributed by atoms with Gasteiger partial charge in [-0.3, -0.25) is 14.6 Å². The largest absolute Gasteiger partial charge is 0.366 e. The van der Waals surface area contributed by atoms with Crippen molar-refractivity contribution in [1.29, 1.82) is 0 Å². The van der Waals surface area contributed by atoms with E-state index in [0.717, 1.165) is 6.42 Å². The molecule has 0 spiro atoms. The lowest BCUT2D eigenvalue weighted by atomic mass is 9.93. The van der Waals surface area contributed by atoms with Crippen LogP contribution in [-0.4, -0.2) is 34.3 Å². The zero-order valence-corrected chi connectivity index (χ0v) is 13.0. The molecule has 2 amide bonds. The SMILES string of the molecule is CC1C(c2ccccc2)CCN1C(=O)c1ccc(C(N)=O)cn1. The lowest BCUT2D eigenvalue weighted by Crippen LogP contribution is -2.36. The van der Waals surface area contributed by atoms with Gasteiger partial charge in [-0.05, 0) is 31.0 Å². The van der Waals surface area contributed by atoms with Crippen LogP contribution in [0.1, 0.15) is 45.7 Å². The van der Waals surface area contributed by atoms with Crippen LogP contribution in [-0.2, 0) is 0 Å². The number of carbonyl (C=O) groups excluding carboxylic acids is 2. The molecule has 2 unspecified atom stereocenters. The van der Waals surface area contributed by atoms with Crippen LogP contribution in [0, 0.1) is 0 Å². The van der Waals surface area contributed by atoms with Gasteiger partial charge in [0, 0.05) is 24.7 Å². The molecule has 0 bridgehead atoms. The molecule has 2 N–H and O–H groups in total. The number of nitrogens with zero attached hydrogens (tertiary/aromatic N) is 2. The van der Waals surface area contributed by atoms with Crippen LogP contribution in [0.15, 0.2) is 48.7 Å². The van der Waals surface area contributed by atoms with E-state index in [0.29, 0.717) is 23.7 Å². The van der Waals surface area contributed by atoms with Crippen LogP contribution in [0.4, 0.5) is 0 Å². The lowest BCUT2D eigenvalue weighted by Gasteiger charge is -2.24. The van der Waals surface area contributed by atoms with Crippen molar-refractivity contribution in [3.63, 3.8) is 0 Å². The van der Waals surface area contributed by atoms with Crippen LogP contribution in [0.2, 0.25) is 0 Å². The Labute approximate surface area is 135 Å². The minimum absolute atomic E-state index is 0.105. The van der Waals surface area contributed by atoms with E-state index < -0.39 is 5.91 Å². The first-order valence-electron chi connectivity index (χ1n) is 7.69. The molecular formula is C18H19N3O2. The maximum atomic E-state index is 12.7. The van der Waals surface area contributed by atoms with Gasteiger partial charge in [-0.15, -0.1) is 0 Å². The Morgan fingerprint density at radius 1 is 1.17 bits per heavy atom. The van der Waals surface area contributed by atoms with Gasteiger partial charge in [0.1, 0.15) is 5.69 Å². The molecule has 2 atom stereocenters. The minimum atomic E-state index is -0.546. The highest BCUT2D eigenvalue weighted by molar-refractivity contribution is 5.95. The van der Waals surface area contributed by atoms with Crippen LogP contribution < -0.4 is 5.73 Å². The number of carbonyl (C=O) groups is 2. The predicted octanol–water partition coefficient (Wildman–Crippen LogP) is 2.20. The van der Waals surface area contributed by atoms with Crippen molar-refractivity contribution >= 4 is 11.8 Å². The van der Waals surface area contributed by atoms with Crippen molar-refractivity contribution in [2.45, 2.75) is 25.3 Å². The molecule has 1 aliphatic rings. The summed E-state index contributed by atoms with van der Waals surface area (Å²) in [4.78, 5) is 29.7. The highest BCUT2D eigenvalue weighted by atomic mass is 16.2. The summed E-state index contributed by atoms with van der Waals surface area (Å²) in [5, 5.41) is 0. The second-order valence-electron chi connectivity index (χ2n) is 5.84. The molecule has 0 saturated carbocycles. The number of amides is 2. The number of nitrogens with two attached hydrogens (primary N) is 1. The molecular weight excluding hydrogens is 290 g/mol. The smallest absolute Gasteiger partial charge is 0.272 e. The number of aromatic nitrogens is 1. The number of hydrogen-bond donors (Lipinski definition) is 1. The van der Waals surface area contributed by atoms with Gasteiger partial charge in [-0.1, -0.05) is 30.3 Å². The summed E-state index contributed by atoms with van der Waals surface area (Å²) in [5.41, 5.74) is 7.10. The van der Waals surface area contributed by atoms with E-state index in [9.17, 15) is 9.59 Å². The molecule has 1 saturated heterocycles. The van der Waals surface area contributed by atoms with Crippen molar-refractivity contribution in [3.8, 4) is 0 Å². The maximum absolute atomic E-state index is 12.7. The van der Waals surface area contributed by atoms with Crippen LogP contribution in [0.25, 0.3) is 0 Å². The van der Waals surface area contributed by atoms with Gasteiger partial charge < -0.3 is 10.6 Å². The molecule has 0 aliphatic carbocycles. The number of benzene rings is 1. The van der Waals surface area contributed by atoms with Crippen molar-refractivity contribution in [3.05, 3.63) is 65.5 Å². The van der Waals surface area contributed by atoms with Gasteiger partial charge >= 0.3 is 0 Å². The maximum Gasteiger partial charge on any atom is 0.272 e. The van der Waals surface area contributed by atoms with Crippen LogP contribution in [0.3, 0.4) is 0 Å². The molecule has 1 fully saturated rings. The first-order valence-corrected chi connectivity index (χ1v) is 7.69. The summed E-state index contributed by atoms with van der Waals surface area (Å²) in [7, 11) is 0. The van der Waals surface area contributed by atoms with Crippen molar-refractivity contribution < 1.29 is 9.59 Å². The van der Waals surface area contributed by atoms with Crippen LogP contribution in [0.5, 0.6) is 0 Å². The quantitative estimate of drug-likeness (QED) is 0.944. The summed E-state index contributed by atoms with van der Waals surface area (Å²) in [6, 6.07) is 13.5. The van der Waals surface area contributed by atoms with Crippen molar-refractivity contribution in [2.24, 2.45) is 5.73 Å². The van der Waals surface area contributed by atoms with E-state index >= 15 is 0 Å². The van der Waals surface area contributed by atoms with Gasteiger partial charge in [0.05, 0.1) is 5.56 Å². The van der Waals surface area contributed by atoms with E-state index in [1.165, 1.54) is 17.8 Å². The fourth-order valence-corrected chi connectivity index (χ4v) is 3.19. The van der Waals surface area contributed by atoms with Gasteiger partial charge in [0.15, 0.2) is 0 Å². The topological polar surface area (TPSA) is 76.3 Å². The fourth-order valence-electron chi connectivity index (χ4n) is 3.19. The fraction of sp³-hybridized carbons (Fsp3) is 0.278. The summed E-state index contributed by atoms with van der Waals surface area (Å²) >= 11 is 0. The number of hydrogen-bond acceptors (Lipinski definition) is 3. The summed E-state index contributed by atoms with van der Waals surface area (Å²) in [5.74, 6) is -0.313. The molecule has 0 radical (unpaired) electrons. The Kier molecular flexibility index (Phi) is 4.10. The zero-order chi connectivity index (χ0) is 16.4. The third-order valence-corrected chi connectivity index (χ3v) is 4.51. The number of pyridine rings is 1. The third kappa shape index (κ3) is 2.95. The van der Waals surface area contributed by atoms with Crippen LogP contribution >= 0.6 is 0 Å². The van der Waals surface area contributed by atoms with Crippen molar-refractivity contribution in [2.75, 3.05) is 6.54 Å². The van der Waals surface area contributed by atoms with Gasteiger partial charge in [0.2, 0.25) is 5.91 Å². The Morgan fingerprint density at radius 3 is 2.52 bits per heavy atom. The zero-order valence-electron chi connectivity index (χ0n) is 13.0. The number of rotatable bonds is 3. The first-order chi connectivity index (χ1) is 11.1. The highest BCUT2D eigenvalue weighted by Crippen LogP contribution is 2.33. The molecule has 23 heavy (non-hydrogen) atoms. The van der Waals surface area contributed by atoms with Gasteiger partial charge in [-0.25, -0.2) is 0 Å². The molecule has 5 heteroatoms. The van der Waals surface area contributed by atoms with Gasteiger partial charge in [-0.2, -0.15) is 0 Å². The normalized spacial score (nSPS) is 20.5. The van der Waals surface area contributed by atoms with E-state index in [1.807, 2.05) is 23.1 Å². The highest BCUT2D eigenvalue weighted by Gasteiger charge is 2.35. The summed E-state index contributed by atoms with van der Waals surface area (Å²) in [6.45, 7) is 2.78. The Balaban J connectivity index is 1.77.